The van der Waals surface area contributed by atoms with Crippen LogP contribution in [-0.2, 0) is 0 Å². The van der Waals surface area contributed by atoms with Crippen molar-refractivity contribution in [2.75, 3.05) is 5.73 Å². The molecule has 0 aliphatic heterocycles. The number of benzene rings is 1. The molecule has 0 atom stereocenters. The van der Waals surface area contributed by atoms with Gasteiger partial charge in [0.2, 0.25) is 0 Å². The molecular formula is C19H13ClN4. The molecule has 2 N–H and O–H groups in total. The third-order valence-corrected chi connectivity index (χ3v) is 4.42. The van der Waals surface area contributed by atoms with Gasteiger partial charge in [0.05, 0.1) is 16.8 Å². The zero-order chi connectivity index (χ0) is 17.4. The summed E-state index contributed by atoms with van der Waals surface area (Å²) in [5.74, 6) is 0.155. The standard InChI is InChI=1S/C19H13ClN4/c1-10-14(7-12-3-5-13(20)6-4-12)17-11(2)16(9-22)19(23)24-18(17)15(10)8-21/h3-7H,1-2H3,(H2,23,24). The van der Waals surface area contributed by atoms with Crippen molar-refractivity contribution >= 4 is 34.6 Å². The van der Waals surface area contributed by atoms with Crippen molar-refractivity contribution < 1.29 is 0 Å². The van der Waals surface area contributed by atoms with Gasteiger partial charge in [-0.05, 0) is 54.3 Å². The first-order valence-electron chi connectivity index (χ1n) is 7.27. The van der Waals surface area contributed by atoms with Crippen molar-refractivity contribution in [3.05, 3.63) is 62.8 Å². The van der Waals surface area contributed by atoms with Gasteiger partial charge in [-0.1, -0.05) is 23.7 Å². The Kier molecular flexibility index (Phi) is 3.85. The molecule has 1 aliphatic rings. The van der Waals surface area contributed by atoms with Crippen LogP contribution in [0.3, 0.4) is 0 Å². The Morgan fingerprint density at radius 2 is 1.79 bits per heavy atom. The second-order valence-corrected chi connectivity index (χ2v) is 5.99. The number of nitrogens with zero attached hydrogens (tertiary/aromatic N) is 3. The minimum Gasteiger partial charge on any atom is -0.383 e. The average molecular weight is 333 g/mol. The van der Waals surface area contributed by atoms with Gasteiger partial charge in [0.25, 0.3) is 0 Å². The summed E-state index contributed by atoms with van der Waals surface area (Å²) in [6.45, 7) is 3.71. The summed E-state index contributed by atoms with van der Waals surface area (Å²) in [7, 11) is 0. The van der Waals surface area contributed by atoms with Crippen LogP contribution in [0.5, 0.6) is 0 Å². The van der Waals surface area contributed by atoms with Crippen LogP contribution < -0.4 is 5.73 Å². The molecule has 116 valence electrons. The summed E-state index contributed by atoms with van der Waals surface area (Å²) in [6, 6.07) is 11.7. The fraction of sp³-hybridized carbons (Fsp3) is 0.105. The lowest BCUT2D eigenvalue weighted by molar-refractivity contribution is 1.22. The molecule has 0 fully saturated rings. The number of nitrogens with two attached hydrogens (primary N) is 1. The van der Waals surface area contributed by atoms with E-state index >= 15 is 0 Å². The molecule has 0 spiro atoms. The van der Waals surface area contributed by atoms with Crippen LogP contribution in [0.15, 0.2) is 29.8 Å². The molecule has 5 heteroatoms. The van der Waals surface area contributed by atoms with Crippen LogP contribution in [0, 0.1) is 29.6 Å². The molecule has 0 bridgehead atoms. The van der Waals surface area contributed by atoms with E-state index in [4.69, 9.17) is 17.3 Å². The molecule has 1 heterocycles. The Balaban J connectivity index is 2.31. The van der Waals surface area contributed by atoms with Crippen molar-refractivity contribution in [1.29, 1.82) is 10.5 Å². The molecule has 1 aliphatic carbocycles. The third kappa shape index (κ3) is 2.34. The normalized spacial score (nSPS) is 14.5. The lowest BCUT2D eigenvalue weighted by Crippen LogP contribution is -2.03. The fourth-order valence-electron chi connectivity index (χ4n) is 2.92. The van der Waals surface area contributed by atoms with Gasteiger partial charge in [-0.2, -0.15) is 10.5 Å². The number of fused-ring (bicyclic) bond motifs is 1. The first-order valence-corrected chi connectivity index (χ1v) is 7.65. The van der Waals surface area contributed by atoms with Crippen LogP contribution in [0.25, 0.3) is 17.2 Å². The summed E-state index contributed by atoms with van der Waals surface area (Å²) in [4.78, 5) is 4.31. The van der Waals surface area contributed by atoms with Gasteiger partial charge in [-0.15, -0.1) is 0 Å². The number of hydrogen-bond donors (Lipinski definition) is 1. The Hall–Kier alpha value is -3.08. The minimum absolute atomic E-state index is 0.155. The number of halogens is 1. The van der Waals surface area contributed by atoms with Crippen molar-refractivity contribution in [1.82, 2.24) is 4.98 Å². The lowest BCUT2D eigenvalue weighted by atomic mass is 9.95. The molecule has 0 amide bonds. The second kappa shape index (κ2) is 5.85. The number of rotatable bonds is 1. The molecular weight excluding hydrogens is 320 g/mol. The van der Waals surface area contributed by atoms with E-state index in [1.54, 1.807) is 0 Å². The van der Waals surface area contributed by atoms with E-state index in [1.165, 1.54) is 0 Å². The molecule has 0 radical (unpaired) electrons. The zero-order valence-corrected chi connectivity index (χ0v) is 13.9. The minimum atomic E-state index is 0.155. The van der Waals surface area contributed by atoms with E-state index in [-0.39, 0.29) is 5.82 Å². The quantitative estimate of drug-likeness (QED) is 0.841. The van der Waals surface area contributed by atoms with E-state index in [1.807, 2.05) is 44.2 Å². The highest BCUT2D eigenvalue weighted by molar-refractivity contribution is 6.30. The lowest BCUT2D eigenvalue weighted by Gasteiger charge is -2.11. The highest BCUT2D eigenvalue weighted by atomic mass is 35.5. The Bertz CT molecular complexity index is 1000. The Labute approximate surface area is 145 Å². The monoisotopic (exact) mass is 332 g/mol. The molecule has 1 aromatic heterocycles. The highest BCUT2D eigenvalue weighted by Gasteiger charge is 2.29. The van der Waals surface area contributed by atoms with Crippen LogP contribution in [0.4, 0.5) is 5.82 Å². The topological polar surface area (TPSA) is 86.5 Å². The van der Waals surface area contributed by atoms with Gasteiger partial charge < -0.3 is 5.73 Å². The zero-order valence-electron chi connectivity index (χ0n) is 13.2. The maximum Gasteiger partial charge on any atom is 0.142 e. The summed E-state index contributed by atoms with van der Waals surface area (Å²) in [5, 5.41) is 19.5. The first-order chi connectivity index (χ1) is 11.5. The van der Waals surface area contributed by atoms with E-state index in [2.05, 4.69) is 17.1 Å². The van der Waals surface area contributed by atoms with Gasteiger partial charge in [-0.3, -0.25) is 0 Å². The molecule has 0 saturated carbocycles. The van der Waals surface area contributed by atoms with Gasteiger partial charge in [0, 0.05) is 10.6 Å². The smallest absolute Gasteiger partial charge is 0.142 e. The largest absolute Gasteiger partial charge is 0.383 e. The summed E-state index contributed by atoms with van der Waals surface area (Å²) < 4.78 is 0. The fourth-order valence-corrected chi connectivity index (χ4v) is 3.05. The number of nitriles is 2. The highest BCUT2D eigenvalue weighted by Crippen LogP contribution is 2.44. The van der Waals surface area contributed by atoms with Gasteiger partial charge in [0.1, 0.15) is 18.0 Å². The number of pyridine rings is 1. The molecule has 24 heavy (non-hydrogen) atoms. The van der Waals surface area contributed by atoms with Gasteiger partial charge in [-0.25, -0.2) is 4.98 Å². The predicted molar refractivity (Wildman–Crippen MR) is 95.6 cm³/mol. The number of aromatic nitrogens is 1. The molecule has 0 saturated heterocycles. The summed E-state index contributed by atoms with van der Waals surface area (Å²) in [6.07, 6.45) is 1.97. The Morgan fingerprint density at radius 1 is 1.12 bits per heavy atom. The maximum absolute atomic E-state index is 9.51. The predicted octanol–water partition coefficient (Wildman–Crippen LogP) is 4.35. The Morgan fingerprint density at radius 3 is 2.38 bits per heavy atom. The number of hydrogen-bond acceptors (Lipinski definition) is 4. The second-order valence-electron chi connectivity index (χ2n) is 5.55. The van der Waals surface area contributed by atoms with Crippen LogP contribution in [0.2, 0.25) is 5.02 Å². The SMILES string of the molecule is CC1=C(C#N)c2nc(N)c(C#N)c(C)c2C1=Cc1ccc(Cl)cc1. The number of anilines is 1. The van der Waals surface area contributed by atoms with Crippen LogP contribution in [0.1, 0.15) is 34.9 Å². The summed E-state index contributed by atoms with van der Waals surface area (Å²) in [5.41, 5.74) is 11.5. The molecule has 0 unspecified atom stereocenters. The van der Waals surface area contributed by atoms with Gasteiger partial charge >= 0.3 is 0 Å². The molecule has 1 aromatic carbocycles. The van der Waals surface area contributed by atoms with Crippen LogP contribution >= 0.6 is 11.6 Å². The van der Waals surface area contributed by atoms with E-state index in [0.29, 0.717) is 21.9 Å². The first kappa shape index (κ1) is 15.8. The van der Waals surface area contributed by atoms with E-state index in [9.17, 15) is 10.5 Å². The van der Waals surface area contributed by atoms with E-state index in [0.717, 1.165) is 27.8 Å². The van der Waals surface area contributed by atoms with Crippen molar-refractivity contribution in [3.8, 4) is 12.1 Å². The van der Waals surface area contributed by atoms with E-state index < -0.39 is 0 Å². The maximum atomic E-state index is 9.51. The van der Waals surface area contributed by atoms with Crippen molar-refractivity contribution in [3.63, 3.8) is 0 Å². The number of allylic oxidation sites excluding steroid dienone is 3. The molecule has 2 aromatic rings. The van der Waals surface area contributed by atoms with Crippen LogP contribution in [-0.4, -0.2) is 4.98 Å². The average Bonchev–Trinajstić information content (AvgIpc) is 2.81. The van der Waals surface area contributed by atoms with Gasteiger partial charge in [0.15, 0.2) is 0 Å². The molecule has 3 rings (SSSR count). The number of nitrogen functional groups attached to an aromatic ring is 1. The summed E-state index contributed by atoms with van der Waals surface area (Å²) >= 11 is 5.93. The van der Waals surface area contributed by atoms with Crippen molar-refractivity contribution in [2.24, 2.45) is 0 Å². The van der Waals surface area contributed by atoms with Crippen molar-refractivity contribution in [2.45, 2.75) is 13.8 Å². The third-order valence-electron chi connectivity index (χ3n) is 4.16. The molecule has 4 nitrogen and oxygen atoms in total.